The van der Waals surface area contributed by atoms with Crippen molar-refractivity contribution in [2.45, 2.75) is 68.7 Å². The second-order valence-electron chi connectivity index (χ2n) is 11.1. The Morgan fingerprint density at radius 3 is 2.64 bits per heavy atom. The molecular formula is C29H28F5N5O3. The zero-order chi connectivity index (χ0) is 29.6. The molecule has 3 aliphatic heterocycles. The largest absolute Gasteiger partial charge is 0.437 e. The fourth-order valence-electron chi connectivity index (χ4n) is 6.49. The minimum absolute atomic E-state index is 0.00664. The van der Waals surface area contributed by atoms with Crippen LogP contribution < -0.4 is 5.32 Å². The van der Waals surface area contributed by atoms with Crippen molar-refractivity contribution in [3.05, 3.63) is 77.0 Å². The number of nitrogens with one attached hydrogen (secondary N) is 1. The number of rotatable bonds is 4. The highest BCUT2D eigenvalue weighted by Crippen LogP contribution is 2.43. The lowest BCUT2D eigenvalue weighted by atomic mass is 9.83. The maximum Gasteiger partial charge on any atom is 0.413 e. The first kappa shape index (κ1) is 28.1. The first-order valence-corrected chi connectivity index (χ1v) is 13.8. The molecule has 5 heterocycles. The summed E-state index contributed by atoms with van der Waals surface area (Å²) < 4.78 is 76.1. The van der Waals surface area contributed by atoms with E-state index in [-0.39, 0.29) is 30.1 Å². The summed E-state index contributed by atoms with van der Waals surface area (Å²) in [7, 11) is 0. The van der Waals surface area contributed by atoms with Crippen molar-refractivity contribution in [1.82, 2.24) is 19.4 Å². The number of amides is 2. The third-order valence-electron chi connectivity index (χ3n) is 8.56. The van der Waals surface area contributed by atoms with Gasteiger partial charge in [0.25, 0.3) is 0 Å². The summed E-state index contributed by atoms with van der Waals surface area (Å²) in [4.78, 5) is 35.9. The first-order chi connectivity index (χ1) is 20.0. The van der Waals surface area contributed by atoms with Gasteiger partial charge in [0.1, 0.15) is 17.2 Å². The lowest BCUT2D eigenvalue weighted by molar-refractivity contribution is -0.136. The highest BCUT2D eigenvalue weighted by molar-refractivity contribution is 5.87. The van der Waals surface area contributed by atoms with E-state index in [2.05, 4.69) is 15.3 Å². The summed E-state index contributed by atoms with van der Waals surface area (Å²) in [5, 5.41) is 2.60. The fourth-order valence-corrected chi connectivity index (χ4v) is 6.49. The van der Waals surface area contributed by atoms with Crippen molar-refractivity contribution in [2.75, 3.05) is 18.4 Å². The fraction of sp³-hybridized carbons (Fsp3) is 0.448. The van der Waals surface area contributed by atoms with Gasteiger partial charge in [-0.05, 0) is 36.6 Å². The summed E-state index contributed by atoms with van der Waals surface area (Å²) in [6, 6.07) is 7.41. The van der Waals surface area contributed by atoms with Gasteiger partial charge >= 0.3 is 12.3 Å². The molecule has 2 amide bonds. The number of pyridine rings is 1. The van der Waals surface area contributed by atoms with Crippen LogP contribution in [0.2, 0.25) is 0 Å². The predicted octanol–water partition coefficient (Wildman–Crippen LogP) is 5.79. The van der Waals surface area contributed by atoms with Gasteiger partial charge in [0.2, 0.25) is 5.91 Å². The van der Waals surface area contributed by atoms with Gasteiger partial charge in [0.15, 0.2) is 11.6 Å². The number of hydrogen-bond acceptors (Lipinski definition) is 5. The van der Waals surface area contributed by atoms with Gasteiger partial charge in [0.05, 0.1) is 6.42 Å². The topological polar surface area (TPSA) is 89.4 Å². The maximum atomic E-state index is 14.7. The van der Waals surface area contributed by atoms with Crippen molar-refractivity contribution in [1.29, 1.82) is 0 Å². The van der Waals surface area contributed by atoms with Crippen molar-refractivity contribution in [3.63, 3.8) is 0 Å². The number of benzene rings is 1. The molecule has 0 unspecified atom stereocenters. The SMILES string of the molecule is O=C1Nc2ncccc2C2(CCN(C(=O)C[C@H]3CC[C@@H](c4cccc(F)c4F)Cn4c(CC(F)(F)F)cnc43)CC2)O1. The Bertz CT molecular complexity index is 1520. The first-order valence-electron chi connectivity index (χ1n) is 13.8. The number of anilines is 1. The smallest absolute Gasteiger partial charge is 0.413 e. The van der Waals surface area contributed by atoms with Crippen LogP contribution in [0, 0.1) is 11.6 Å². The number of carbonyl (C=O) groups excluding carboxylic acids is 2. The number of likely N-dealkylation sites (tertiary alicyclic amines) is 1. The Morgan fingerprint density at radius 1 is 1.10 bits per heavy atom. The Hall–Kier alpha value is -4.03. The minimum Gasteiger partial charge on any atom is -0.437 e. The van der Waals surface area contributed by atoms with Crippen LogP contribution in [0.15, 0.2) is 42.7 Å². The van der Waals surface area contributed by atoms with E-state index in [4.69, 9.17) is 4.74 Å². The van der Waals surface area contributed by atoms with Crippen LogP contribution in [-0.4, -0.2) is 50.7 Å². The third kappa shape index (κ3) is 5.32. The number of piperidine rings is 1. The molecule has 3 aliphatic rings. The average Bonchev–Trinajstić information content (AvgIpc) is 3.22. The summed E-state index contributed by atoms with van der Waals surface area (Å²) in [6.45, 7) is 0.598. The molecule has 1 spiro atoms. The molecule has 1 saturated heterocycles. The molecule has 0 saturated carbocycles. The molecular weight excluding hydrogens is 561 g/mol. The highest BCUT2D eigenvalue weighted by atomic mass is 19.4. The molecule has 1 aromatic carbocycles. The van der Waals surface area contributed by atoms with E-state index < -0.39 is 47.8 Å². The molecule has 13 heteroatoms. The molecule has 3 aromatic rings. The van der Waals surface area contributed by atoms with Crippen molar-refractivity contribution >= 4 is 17.8 Å². The Morgan fingerprint density at radius 2 is 1.88 bits per heavy atom. The molecule has 222 valence electrons. The normalized spacial score (nSPS) is 21.6. The maximum absolute atomic E-state index is 14.7. The Kier molecular flexibility index (Phi) is 7.14. The highest BCUT2D eigenvalue weighted by Gasteiger charge is 2.46. The lowest BCUT2D eigenvalue weighted by Gasteiger charge is -2.43. The van der Waals surface area contributed by atoms with Gasteiger partial charge in [-0.1, -0.05) is 12.1 Å². The summed E-state index contributed by atoms with van der Waals surface area (Å²) in [5.41, 5.74) is -0.156. The predicted molar refractivity (Wildman–Crippen MR) is 140 cm³/mol. The van der Waals surface area contributed by atoms with E-state index in [1.165, 1.54) is 16.7 Å². The van der Waals surface area contributed by atoms with Crippen LogP contribution in [0.1, 0.15) is 66.6 Å². The molecule has 2 atom stereocenters. The lowest BCUT2D eigenvalue weighted by Crippen LogP contribution is -2.50. The van der Waals surface area contributed by atoms with E-state index in [0.717, 1.165) is 17.8 Å². The molecule has 0 aliphatic carbocycles. The molecule has 0 radical (unpaired) electrons. The molecule has 0 bridgehead atoms. The number of carbonyl (C=O) groups is 2. The molecule has 2 aromatic heterocycles. The van der Waals surface area contributed by atoms with Crippen LogP contribution in [0.5, 0.6) is 0 Å². The van der Waals surface area contributed by atoms with Crippen LogP contribution >= 0.6 is 0 Å². The number of ether oxygens (including phenoxy) is 1. The number of alkyl halides is 3. The molecule has 1 fully saturated rings. The number of halogens is 5. The Labute approximate surface area is 237 Å². The number of imidazole rings is 1. The Balaban J connectivity index is 1.22. The van der Waals surface area contributed by atoms with E-state index in [9.17, 15) is 31.5 Å². The van der Waals surface area contributed by atoms with Gasteiger partial charge in [-0.3, -0.25) is 10.1 Å². The monoisotopic (exact) mass is 589 g/mol. The minimum atomic E-state index is -4.50. The van der Waals surface area contributed by atoms with E-state index in [1.807, 2.05) is 6.07 Å². The average molecular weight is 590 g/mol. The zero-order valence-corrected chi connectivity index (χ0v) is 22.5. The van der Waals surface area contributed by atoms with Gasteiger partial charge in [-0.25, -0.2) is 23.5 Å². The van der Waals surface area contributed by atoms with Gasteiger partial charge in [-0.15, -0.1) is 0 Å². The zero-order valence-electron chi connectivity index (χ0n) is 22.5. The molecule has 42 heavy (non-hydrogen) atoms. The van der Waals surface area contributed by atoms with Crippen LogP contribution in [0.4, 0.5) is 32.6 Å². The summed E-state index contributed by atoms with van der Waals surface area (Å²) in [6.07, 6.45) is -2.19. The van der Waals surface area contributed by atoms with Gasteiger partial charge in [-0.2, -0.15) is 13.2 Å². The number of hydrogen-bond donors (Lipinski definition) is 1. The number of nitrogens with zero attached hydrogens (tertiary/aromatic N) is 4. The van der Waals surface area contributed by atoms with Crippen molar-refractivity contribution in [3.8, 4) is 0 Å². The quantitative estimate of drug-likeness (QED) is 0.389. The van der Waals surface area contributed by atoms with Crippen molar-refractivity contribution in [2.24, 2.45) is 0 Å². The summed E-state index contributed by atoms with van der Waals surface area (Å²) in [5.74, 6) is -2.60. The number of aromatic nitrogens is 3. The van der Waals surface area contributed by atoms with E-state index in [0.29, 0.717) is 50.4 Å². The van der Waals surface area contributed by atoms with Gasteiger partial charge in [0, 0.05) is 74.4 Å². The van der Waals surface area contributed by atoms with Crippen LogP contribution in [0.25, 0.3) is 0 Å². The van der Waals surface area contributed by atoms with E-state index >= 15 is 0 Å². The van der Waals surface area contributed by atoms with Crippen molar-refractivity contribution < 1.29 is 36.3 Å². The third-order valence-corrected chi connectivity index (χ3v) is 8.56. The molecule has 8 nitrogen and oxygen atoms in total. The second-order valence-corrected chi connectivity index (χ2v) is 11.1. The molecule has 1 N–H and O–H groups in total. The van der Waals surface area contributed by atoms with Crippen LogP contribution in [-0.2, 0) is 28.1 Å². The summed E-state index contributed by atoms with van der Waals surface area (Å²) >= 11 is 0. The van der Waals surface area contributed by atoms with Crippen LogP contribution in [0.3, 0.4) is 0 Å². The number of fused-ring (bicyclic) bond motifs is 3. The molecule has 6 rings (SSSR count). The van der Waals surface area contributed by atoms with Gasteiger partial charge < -0.3 is 14.2 Å². The van der Waals surface area contributed by atoms with E-state index in [1.54, 1.807) is 17.2 Å². The second kappa shape index (κ2) is 10.7. The standard InChI is InChI=1S/C29H28F5N5O3/c30-22-5-1-3-20(24(22)31)18-7-6-17(26-36-15-19(39(26)16-18)14-29(32,33)34)13-23(40)38-11-8-28(9-12-38)21-4-2-10-35-25(21)37-27(41)42-28/h1-5,10,15,17-18H,6-9,11-14,16H2,(H,35,37,41)/t17-,18-/m1/s1.